The van der Waals surface area contributed by atoms with Crippen LogP contribution in [0.1, 0.15) is 10.4 Å². The second-order valence-corrected chi connectivity index (χ2v) is 4.81. The number of carbonyl (C=O) groups is 2. The molecule has 132 valence electrons. The van der Waals surface area contributed by atoms with Crippen molar-refractivity contribution in [3.8, 4) is 17.2 Å². The van der Waals surface area contributed by atoms with Crippen molar-refractivity contribution in [2.75, 3.05) is 26.6 Å². The largest absolute Gasteiger partial charge is 0.493 e. The molecule has 2 rings (SSSR count). The van der Waals surface area contributed by atoms with Crippen LogP contribution < -0.4 is 30.4 Å². The first-order chi connectivity index (χ1) is 12.1. The fourth-order valence-electron chi connectivity index (χ4n) is 2.08. The highest BCUT2D eigenvalue weighted by Crippen LogP contribution is 2.38. The van der Waals surface area contributed by atoms with Gasteiger partial charge in [0.1, 0.15) is 0 Å². The average Bonchev–Trinajstić information content (AvgIpc) is 2.65. The summed E-state index contributed by atoms with van der Waals surface area (Å²) in [5, 5.41) is 2.58. The maximum Gasteiger partial charge on any atom is 0.337 e. The number of carbonyl (C=O) groups excluding carboxylic acids is 2. The lowest BCUT2D eigenvalue weighted by molar-refractivity contribution is 0.0937. The summed E-state index contributed by atoms with van der Waals surface area (Å²) in [7, 11) is 4.37. The zero-order valence-electron chi connectivity index (χ0n) is 14.1. The van der Waals surface area contributed by atoms with Crippen LogP contribution in [0.15, 0.2) is 42.5 Å². The SMILES string of the molecule is COc1cc(C(=O)NNC(=O)Nc2ccccc2)cc(OC)c1OC. The Labute approximate surface area is 145 Å². The molecule has 0 saturated carbocycles. The number of urea groups is 1. The Kier molecular flexibility index (Phi) is 6.05. The number of amides is 3. The third kappa shape index (κ3) is 4.54. The van der Waals surface area contributed by atoms with Gasteiger partial charge in [-0.1, -0.05) is 18.2 Å². The number of para-hydroxylation sites is 1. The Balaban J connectivity index is 2.04. The number of benzene rings is 2. The van der Waals surface area contributed by atoms with E-state index >= 15 is 0 Å². The molecule has 0 atom stereocenters. The van der Waals surface area contributed by atoms with E-state index < -0.39 is 11.9 Å². The third-order valence-corrected chi connectivity index (χ3v) is 3.25. The molecular formula is C17H19N3O5. The van der Waals surface area contributed by atoms with Gasteiger partial charge in [0.15, 0.2) is 11.5 Å². The fourth-order valence-corrected chi connectivity index (χ4v) is 2.08. The Morgan fingerprint density at radius 3 is 1.96 bits per heavy atom. The smallest absolute Gasteiger partial charge is 0.337 e. The average molecular weight is 345 g/mol. The zero-order chi connectivity index (χ0) is 18.2. The van der Waals surface area contributed by atoms with Crippen molar-refractivity contribution in [1.29, 1.82) is 0 Å². The molecule has 0 aromatic heterocycles. The summed E-state index contributed by atoms with van der Waals surface area (Å²) in [5.41, 5.74) is 5.41. The predicted molar refractivity (Wildman–Crippen MR) is 92.2 cm³/mol. The summed E-state index contributed by atoms with van der Waals surface area (Å²) in [6.07, 6.45) is 0. The van der Waals surface area contributed by atoms with Crippen molar-refractivity contribution >= 4 is 17.6 Å². The minimum Gasteiger partial charge on any atom is -0.493 e. The number of rotatable bonds is 5. The number of nitrogens with one attached hydrogen (secondary N) is 3. The van der Waals surface area contributed by atoms with Crippen molar-refractivity contribution in [3.05, 3.63) is 48.0 Å². The van der Waals surface area contributed by atoms with E-state index in [4.69, 9.17) is 14.2 Å². The van der Waals surface area contributed by atoms with Crippen molar-refractivity contribution in [2.45, 2.75) is 0 Å². The monoisotopic (exact) mass is 345 g/mol. The van der Waals surface area contributed by atoms with E-state index in [1.165, 1.54) is 33.5 Å². The summed E-state index contributed by atoms with van der Waals surface area (Å²) >= 11 is 0. The number of anilines is 1. The van der Waals surface area contributed by atoms with Crippen LogP contribution in [0.2, 0.25) is 0 Å². The van der Waals surface area contributed by atoms with E-state index in [0.29, 0.717) is 22.9 Å². The highest BCUT2D eigenvalue weighted by molar-refractivity contribution is 5.98. The first kappa shape index (κ1) is 17.9. The number of hydrogen-bond donors (Lipinski definition) is 3. The van der Waals surface area contributed by atoms with Crippen LogP contribution in [0.5, 0.6) is 17.2 Å². The van der Waals surface area contributed by atoms with Crippen LogP contribution in [0, 0.1) is 0 Å². The summed E-state index contributed by atoms with van der Waals surface area (Å²) in [4.78, 5) is 24.0. The van der Waals surface area contributed by atoms with Gasteiger partial charge in [-0.2, -0.15) is 0 Å². The van der Waals surface area contributed by atoms with Crippen molar-refractivity contribution in [1.82, 2.24) is 10.9 Å². The Hall–Kier alpha value is -3.42. The van der Waals surface area contributed by atoms with E-state index in [2.05, 4.69) is 16.2 Å². The maximum atomic E-state index is 12.2. The van der Waals surface area contributed by atoms with Gasteiger partial charge < -0.3 is 19.5 Å². The van der Waals surface area contributed by atoms with Crippen LogP contribution in [0.4, 0.5) is 10.5 Å². The number of ether oxygens (including phenoxy) is 3. The minimum atomic E-state index is -0.577. The quantitative estimate of drug-likeness (QED) is 0.722. The summed E-state index contributed by atoms with van der Waals surface area (Å²) < 4.78 is 15.6. The molecule has 0 aliphatic rings. The molecule has 3 N–H and O–H groups in total. The highest BCUT2D eigenvalue weighted by atomic mass is 16.5. The van der Waals surface area contributed by atoms with Gasteiger partial charge in [-0.3, -0.25) is 10.2 Å². The summed E-state index contributed by atoms with van der Waals surface area (Å²) in [6, 6.07) is 11.2. The van der Waals surface area contributed by atoms with E-state index in [1.807, 2.05) is 6.07 Å². The van der Waals surface area contributed by atoms with Crippen molar-refractivity contribution < 1.29 is 23.8 Å². The third-order valence-electron chi connectivity index (χ3n) is 3.25. The second kappa shape index (κ2) is 8.44. The molecule has 0 unspecified atom stereocenters. The highest BCUT2D eigenvalue weighted by Gasteiger charge is 2.17. The molecule has 0 aliphatic heterocycles. The molecule has 0 radical (unpaired) electrons. The van der Waals surface area contributed by atoms with Crippen LogP contribution in [0.3, 0.4) is 0 Å². The van der Waals surface area contributed by atoms with Crippen LogP contribution in [-0.4, -0.2) is 33.3 Å². The van der Waals surface area contributed by atoms with E-state index in [1.54, 1.807) is 24.3 Å². The molecule has 2 aromatic carbocycles. The molecule has 25 heavy (non-hydrogen) atoms. The molecular weight excluding hydrogens is 326 g/mol. The first-order valence-electron chi connectivity index (χ1n) is 7.31. The first-order valence-corrected chi connectivity index (χ1v) is 7.31. The van der Waals surface area contributed by atoms with Crippen LogP contribution >= 0.6 is 0 Å². The second-order valence-electron chi connectivity index (χ2n) is 4.81. The van der Waals surface area contributed by atoms with Crippen molar-refractivity contribution in [3.63, 3.8) is 0 Å². The molecule has 0 heterocycles. The fraction of sp³-hybridized carbons (Fsp3) is 0.176. The molecule has 0 spiro atoms. The standard InChI is InChI=1S/C17H19N3O5/c1-23-13-9-11(10-14(24-2)15(13)25-3)16(21)19-20-17(22)18-12-7-5-4-6-8-12/h4-10H,1-3H3,(H,19,21)(H2,18,20,22). The topological polar surface area (TPSA) is 97.9 Å². The van der Waals surface area contributed by atoms with E-state index in [-0.39, 0.29) is 5.56 Å². The van der Waals surface area contributed by atoms with Gasteiger partial charge in [0.2, 0.25) is 5.75 Å². The van der Waals surface area contributed by atoms with Gasteiger partial charge >= 0.3 is 6.03 Å². The molecule has 0 aliphatic carbocycles. The maximum absolute atomic E-state index is 12.2. The molecule has 2 aromatic rings. The molecule has 0 bridgehead atoms. The lowest BCUT2D eigenvalue weighted by atomic mass is 10.1. The van der Waals surface area contributed by atoms with E-state index in [9.17, 15) is 9.59 Å². The van der Waals surface area contributed by atoms with Gasteiger partial charge in [0, 0.05) is 11.3 Å². The minimum absolute atomic E-state index is 0.231. The van der Waals surface area contributed by atoms with E-state index in [0.717, 1.165) is 0 Å². The van der Waals surface area contributed by atoms with Gasteiger partial charge in [0.05, 0.1) is 21.3 Å². The normalized spacial score (nSPS) is 9.72. The van der Waals surface area contributed by atoms with Crippen molar-refractivity contribution in [2.24, 2.45) is 0 Å². The summed E-state index contributed by atoms with van der Waals surface area (Å²) in [6.45, 7) is 0. The number of methoxy groups -OCH3 is 3. The van der Waals surface area contributed by atoms with Gasteiger partial charge in [-0.15, -0.1) is 0 Å². The van der Waals surface area contributed by atoms with Gasteiger partial charge in [-0.05, 0) is 24.3 Å². The lowest BCUT2D eigenvalue weighted by Crippen LogP contribution is -2.43. The Morgan fingerprint density at radius 2 is 1.44 bits per heavy atom. The Morgan fingerprint density at radius 1 is 0.840 bits per heavy atom. The summed E-state index contributed by atoms with van der Waals surface area (Å²) in [5.74, 6) is 0.500. The molecule has 0 fully saturated rings. The van der Waals surface area contributed by atoms with Crippen LogP contribution in [0.25, 0.3) is 0 Å². The number of hydrazine groups is 1. The zero-order valence-corrected chi connectivity index (χ0v) is 14.1. The Bertz CT molecular complexity index is 724. The molecule has 8 heteroatoms. The number of hydrogen-bond acceptors (Lipinski definition) is 5. The van der Waals surface area contributed by atoms with Gasteiger partial charge in [-0.25, -0.2) is 10.2 Å². The predicted octanol–water partition coefficient (Wildman–Crippen LogP) is 2.18. The molecule has 8 nitrogen and oxygen atoms in total. The van der Waals surface area contributed by atoms with Crippen LogP contribution in [-0.2, 0) is 0 Å². The lowest BCUT2D eigenvalue weighted by Gasteiger charge is -2.14. The van der Waals surface area contributed by atoms with Gasteiger partial charge in [0.25, 0.3) is 5.91 Å². The molecule has 3 amide bonds. The molecule has 0 saturated heterocycles.